The number of phenols is 2. The molecular formula is C27H29NO10. The highest BCUT2D eigenvalue weighted by Gasteiger charge is 2.45. The fourth-order valence-electron chi connectivity index (χ4n) is 5.73. The van der Waals surface area contributed by atoms with Crippen molar-refractivity contribution in [1.82, 2.24) is 0 Å². The quantitative estimate of drug-likeness (QED) is 0.297. The zero-order valence-electron chi connectivity index (χ0n) is 20.8. The molecule has 6 atom stereocenters. The molecule has 202 valence electrons. The van der Waals surface area contributed by atoms with Crippen molar-refractivity contribution in [2.75, 3.05) is 13.7 Å². The van der Waals surface area contributed by atoms with Crippen LogP contribution in [0.5, 0.6) is 17.2 Å². The van der Waals surface area contributed by atoms with E-state index in [1.165, 1.54) is 25.3 Å². The molecule has 11 heteroatoms. The molecule has 5 rings (SSSR count). The number of aliphatic hydroxyl groups excluding tert-OH is 2. The number of benzene rings is 2. The number of hydrogen-bond acceptors (Lipinski definition) is 11. The summed E-state index contributed by atoms with van der Waals surface area (Å²) in [5, 5.41) is 42.4. The minimum atomic E-state index is -1.06. The van der Waals surface area contributed by atoms with E-state index in [9.17, 15) is 34.8 Å². The van der Waals surface area contributed by atoms with Gasteiger partial charge < -0.3 is 40.4 Å². The second-order valence-electron chi connectivity index (χ2n) is 9.93. The van der Waals surface area contributed by atoms with Crippen molar-refractivity contribution in [3.63, 3.8) is 0 Å². The number of Topliss-reactive ketones (excluding diaryl/α,β-unsaturated/α-hetero) is 1. The first-order chi connectivity index (χ1) is 18.1. The molecule has 2 aromatic carbocycles. The Bertz CT molecular complexity index is 1330. The molecule has 0 bridgehead atoms. The predicted octanol–water partition coefficient (Wildman–Crippen LogP) is 0.886. The summed E-state index contributed by atoms with van der Waals surface area (Å²) in [6.07, 6.45) is -3.54. The standard InChI is InChI=1S/C27H29NO10/c1-10-23(31)14(28)8-18(37-10)38-17-7-11(15(30)9-29)6-13-20(17)27(35)22-21(25(13)33)24(32)12-4-3-5-16(36-2)19(12)26(22)34/h3-5,10-11,14,17-18,23,29,31,33,35H,6-9,28H2,1-2H3/t10?,11?,14?,17?,18-,23-/m0/s1. The van der Waals surface area contributed by atoms with Crippen LogP contribution in [0.25, 0.3) is 0 Å². The highest BCUT2D eigenvalue weighted by Crippen LogP contribution is 2.51. The molecule has 1 heterocycles. The fraction of sp³-hybridized carbons (Fsp3) is 0.444. The van der Waals surface area contributed by atoms with Gasteiger partial charge >= 0.3 is 0 Å². The van der Waals surface area contributed by atoms with Crippen LogP contribution in [-0.2, 0) is 20.7 Å². The normalized spacial score (nSPS) is 28.3. The van der Waals surface area contributed by atoms with Gasteiger partial charge in [0.2, 0.25) is 5.78 Å². The fourth-order valence-corrected chi connectivity index (χ4v) is 5.73. The number of methoxy groups -OCH3 is 1. The van der Waals surface area contributed by atoms with E-state index in [0.717, 1.165) is 0 Å². The molecule has 1 saturated heterocycles. The molecule has 6 N–H and O–H groups in total. The van der Waals surface area contributed by atoms with Crippen LogP contribution in [0.15, 0.2) is 18.2 Å². The highest BCUT2D eigenvalue weighted by atomic mass is 16.7. The summed E-state index contributed by atoms with van der Waals surface area (Å²) in [6.45, 7) is 0.880. The smallest absolute Gasteiger partial charge is 0.202 e. The number of hydrogen-bond donors (Lipinski definition) is 5. The van der Waals surface area contributed by atoms with Crippen molar-refractivity contribution in [3.05, 3.63) is 51.6 Å². The Balaban J connectivity index is 1.65. The molecule has 0 amide bonds. The average molecular weight is 528 g/mol. The van der Waals surface area contributed by atoms with Crippen LogP contribution in [0, 0.1) is 5.92 Å². The van der Waals surface area contributed by atoms with Gasteiger partial charge in [-0.05, 0) is 25.8 Å². The van der Waals surface area contributed by atoms with Crippen LogP contribution in [-0.4, -0.2) is 76.0 Å². The van der Waals surface area contributed by atoms with E-state index in [0.29, 0.717) is 0 Å². The summed E-state index contributed by atoms with van der Waals surface area (Å²) >= 11 is 0. The van der Waals surface area contributed by atoms with E-state index in [4.69, 9.17) is 19.9 Å². The Kier molecular flexibility index (Phi) is 6.74. The molecule has 3 aliphatic rings. The predicted molar refractivity (Wildman–Crippen MR) is 130 cm³/mol. The summed E-state index contributed by atoms with van der Waals surface area (Å²) in [5.41, 5.74) is 5.39. The minimum absolute atomic E-state index is 0.00621. The maximum atomic E-state index is 13.6. The van der Waals surface area contributed by atoms with Crippen molar-refractivity contribution in [1.29, 1.82) is 0 Å². The number of phenolic OH excluding ortho intramolecular Hbond substituents is 2. The van der Waals surface area contributed by atoms with E-state index in [1.54, 1.807) is 6.92 Å². The van der Waals surface area contributed by atoms with Gasteiger partial charge in [0.25, 0.3) is 0 Å². The Morgan fingerprint density at radius 2 is 1.82 bits per heavy atom. The second kappa shape index (κ2) is 9.75. The minimum Gasteiger partial charge on any atom is -0.507 e. The van der Waals surface area contributed by atoms with Crippen LogP contribution in [0.1, 0.15) is 68.8 Å². The molecule has 1 aliphatic heterocycles. The van der Waals surface area contributed by atoms with Crippen LogP contribution < -0.4 is 10.5 Å². The van der Waals surface area contributed by atoms with E-state index >= 15 is 0 Å². The third kappa shape index (κ3) is 3.98. The number of nitrogens with two attached hydrogens (primary N) is 1. The van der Waals surface area contributed by atoms with Crippen molar-refractivity contribution >= 4 is 17.3 Å². The molecule has 0 aromatic heterocycles. The molecule has 2 aromatic rings. The largest absolute Gasteiger partial charge is 0.507 e. The first-order valence-electron chi connectivity index (χ1n) is 12.3. The molecule has 0 saturated carbocycles. The monoisotopic (exact) mass is 527 g/mol. The average Bonchev–Trinajstić information content (AvgIpc) is 2.90. The summed E-state index contributed by atoms with van der Waals surface area (Å²) < 4.78 is 17.2. The van der Waals surface area contributed by atoms with Crippen molar-refractivity contribution in [2.45, 2.75) is 56.8 Å². The molecular weight excluding hydrogens is 498 g/mol. The number of aromatic hydroxyl groups is 2. The summed E-state index contributed by atoms with van der Waals surface area (Å²) in [6, 6.07) is 3.83. The molecule has 0 radical (unpaired) electrons. The number of carbonyl (C=O) groups excluding carboxylic acids is 3. The van der Waals surface area contributed by atoms with Gasteiger partial charge in [0.1, 0.15) is 23.9 Å². The number of fused-ring (bicyclic) bond motifs is 3. The Hall–Kier alpha value is -3.35. The van der Waals surface area contributed by atoms with Gasteiger partial charge in [-0.3, -0.25) is 14.4 Å². The number of aliphatic hydroxyl groups is 2. The third-order valence-electron chi connectivity index (χ3n) is 7.71. The molecule has 38 heavy (non-hydrogen) atoms. The van der Waals surface area contributed by atoms with Crippen LogP contribution in [0.3, 0.4) is 0 Å². The lowest BCUT2D eigenvalue weighted by molar-refractivity contribution is -0.243. The van der Waals surface area contributed by atoms with Gasteiger partial charge in [0.05, 0.1) is 42.1 Å². The summed E-state index contributed by atoms with van der Waals surface area (Å²) in [4.78, 5) is 39.6. The van der Waals surface area contributed by atoms with Crippen molar-refractivity contribution < 1.29 is 49.0 Å². The first-order valence-corrected chi connectivity index (χ1v) is 12.3. The number of ether oxygens (including phenoxy) is 3. The first kappa shape index (κ1) is 26.3. The lowest BCUT2D eigenvalue weighted by Gasteiger charge is -2.40. The van der Waals surface area contributed by atoms with Gasteiger partial charge in [0, 0.05) is 35.1 Å². The molecule has 0 spiro atoms. The topological polar surface area (TPSA) is 186 Å². The zero-order chi connectivity index (χ0) is 27.5. The third-order valence-corrected chi connectivity index (χ3v) is 7.71. The lowest BCUT2D eigenvalue weighted by atomic mass is 9.73. The van der Waals surface area contributed by atoms with E-state index in [1.807, 2.05) is 0 Å². The maximum absolute atomic E-state index is 13.6. The highest BCUT2D eigenvalue weighted by molar-refractivity contribution is 6.31. The number of carbonyl (C=O) groups is 3. The van der Waals surface area contributed by atoms with Crippen LogP contribution >= 0.6 is 0 Å². The summed E-state index contributed by atoms with van der Waals surface area (Å²) in [7, 11) is 1.35. The Labute approximate surface area is 217 Å². The number of rotatable bonds is 5. The van der Waals surface area contributed by atoms with Gasteiger partial charge in [-0.1, -0.05) is 12.1 Å². The Morgan fingerprint density at radius 3 is 2.47 bits per heavy atom. The van der Waals surface area contributed by atoms with Crippen molar-refractivity contribution in [3.8, 4) is 17.2 Å². The second-order valence-corrected chi connectivity index (χ2v) is 9.93. The lowest BCUT2D eigenvalue weighted by Crippen LogP contribution is -2.52. The van der Waals surface area contributed by atoms with Crippen LogP contribution in [0.4, 0.5) is 0 Å². The maximum Gasteiger partial charge on any atom is 0.202 e. The van der Waals surface area contributed by atoms with E-state index < -0.39 is 72.0 Å². The molecule has 4 unspecified atom stereocenters. The van der Waals surface area contributed by atoms with Gasteiger partial charge in [-0.25, -0.2) is 0 Å². The zero-order valence-corrected chi connectivity index (χ0v) is 20.8. The Morgan fingerprint density at radius 1 is 1.11 bits per heavy atom. The van der Waals surface area contributed by atoms with Crippen molar-refractivity contribution in [2.24, 2.45) is 11.7 Å². The van der Waals surface area contributed by atoms with Gasteiger partial charge in [-0.2, -0.15) is 0 Å². The molecule has 2 aliphatic carbocycles. The van der Waals surface area contributed by atoms with Gasteiger partial charge in [0.15, 0.2) is 17.9 Å². The van der Waals surface area contributed by atoms with Gasteiger partial charge in [-0.15, -0.1) is 0 Å². The van der Waals surface area contributed by atoms with E-state index in [2.05, 4.69) is 0 Å². The molecule has 1 fully saturated rings. The number of ketones is 3. The van der Waals surface area contributed by atoms with E-state index in [-0.39, 0.29) is 58.4 Å². The van der Waals surface area contributed by atoms with Crippen LogP contribution in [0.2, 0.25) is 0 Å². The molecule has 11 nitrogen and oxygen atoms in total. The SMILES string of the molecule is COc1cccc2c1C(=O)c1c(O)c3c(c(O)c1C2=O)CC(C(=O)CO)CC3O[C@H]1CC(N)[C@@H](O)C(C)O1. The summed E-state index contributed by atoms with van der Waals surface area (Å²) in [5.74, 6) is -3.64.